The van der Waals surface area contributed by atoms with E-state index < -0.39 is 5.54 Å². The second-order valence-corrected chi connectivity index (χ2v) is 5.78. The van der Waals surface area contributed by atoms with E-state index in [4.69, 9.17) is 5.73 Å². The van der Waals surface area contributed by atoms with Gasteiger partial charge in [-0.3, -0.25) is 4.79 Å². The smallest absolute Gasteiger partial charge is 0.254 e. The summed E-state index contributed by atoms with van der Waals surface area (Å²) in [6, 6.07) is 5.97. The van der Waals surface area contributed by atoms with Crippen LogP contribution in [0.25, 0.3) is 5.69 Å². The molecule has 7 heteroatoms. The number of halogens is 2. The molecule has 0 fully saturated rings. The van der Waals surface area contributed by atoms with Gasteiger partial charge in [0.15, 0.2) is 0 Å². The molecule has 5 nitrogen and oxygen atoms in total. The lowest BCUT2D eigenvalue weighted by atomic mass is 9.94. The van der Waals surface area contributed by atoms with E-state index >= 15 is 0 Å². The number of nitrogens with one attached hydrogen (secondary N) is 1. The number of benzene rings is 1. The van der Waals surface area contributed by atoms with Gasteiger partial charge in [-0.25, -0.2) is 9.07 Å². The standard InChI is InChI=1S/C17H23FN4O.ClH/c1-4-17(19,5-2)11-20-16(23)15-10-21-22(12(15)3)14-8-6-13(18)7-9-14;/h6-10H,4-5,11,19H2,1-3H3,(H,20,23);1H. The van der Waals surface area contributed by atoms with Crippen molar-refractivity contribution >= 4 is 18.3 Å². The van der Waals surface area contributed by atoms with E-state index in [0.29, 0.717) is 23.5 Å². The van der Waals surface area contributed by atoms with Gasteiger partial charge in [-0.2, -0.15) is 5.10 Å². The third-order valence-corrected chi connectivity index (χ3v) is 4.33. The van der Waals surface area contributed by atoms with Crippen LogP contribution in [0.3, 0.4) is 0 Å². The van der Waals surface area contributed by atoms with Gasteiger partial charge in [0.25, 0.3) is 5.91 Å². The van der Waals surface area contributed by atoms with Gasteiger partial charge in [-0.15, -0.1) is 12.4 Å². The SMILES string of the molecule is CCC(N)(CC)CNC(=O)c1cnn(-c2ccc(F)cc2)c1C.Cl. The zero-order valence-electron chi connectivity index (χ0n) is 14.2. The number of hydrogen-bond acceptors (Lipinski definition) is 3. The predicted molar refractivity (Wildman–Crippen MR) is 95.3 cm³/mol. The lowest BCUT2D eigenvalue weighted by molar-refractivity contribution is 0.0941. The quantitative estimate of drug-likeness (QED) is 0.837. The third-order valence-electron chi connectivity index (χ3n) is 4.33. The number of carbonyl (C=O) groups excluding carboxylic acids is 1. The molecular weight excluding hydrogens is 331 g/mol. The summed E-state index contributed by atoms with van der Waals surface area (Å²) >= 11 is 0. The van der Waals surface area contributed by atoms with Crippen molar-refractivity contribution < 1.29 is 9.18 Å². The van der Waals surface area contributed by atoms with E-state index in [1.54, 1.807) is 23.7 Å². The van der Waals surface area contributed by atoms with E-state index in [1.807, 2.05) is 13.8 Å². The Morgan fingerprint density at radius 3 is 2.42 bits per heavy atom. The zero-order valence-corrected chi connectivity index (χ0v) is 15.0. The van der Waals surface area contributed by atoms with E-state index in [0.717, 1.165) is 12.8 Å². The normalized spacial score (nSPS) is 11.0. The number of nitrogens with zero attached hydrogens (tertiary/aromatic N) is 2. The van der Waals surface area contributed by atoms with Gasteiger partial charge in [-0.1, -0.05) is 13.8 Å². The summed E-state index contributed by atoms with van der Waals surface area (Å²) in [4.78, 5) is 12.4. The van der Waals surface area contributed by atoms with Crippen LogP contribution in [0.5, 0.6) is 0 Å². The number of amides is 1. The Labute approximate surface area is 147 Å². The number of hydrogen-bond donors (Lipinski definition) is 2. The van der Waals surface area contributed by atoms with Crippen LogP contribution in [0, 0.1) is 12.7 Å². The van der Waals surface area contributed by atoms with Gasteiger partial charge in [0, 0.05) is 12.1 Å². The molecule has 0 saturated heterocycles. The molecule has 0 spiro atoms. The number of carbonyl (C=O) groups is 1. The molecule has 0 aliphatic rings. The van der Waals surface area contributed by atoms with Crippen LogP contribution in [-0.2, 0) is 0 Å². The first-order valence-corrected chi connectivity index (χ1v) is 7.78. The van der Waals surface area contributed by atoms with Crippen molar-refractivity contribution in [2.75, 3.05) is 6.54 Å². The van der Waals surface area contributed by atoms with Gasteiger partial charge in [0.2, 0.25) is 0 Å². The maximum Gasteiger partial charge on any atom is 0.254 e. The second-order valence-electron chi connectivity index (χ2n) is 5.78. The number of nitrogens with two attached hydrogens (primary N) is 1. The van der Waals surface area contributed by atoms with Gasteiger partial charge in [-0.05, 0) is 44.0 Å². The molecule has 0 saturated carbocycles. The maximum absolute atomic E-state index is 13.0. The van der Waals surface area contributed by atoms with Crippen LogP contribution < -0.4 is 11.1 Å². The van der Waals surface area contributed by atoms with E-state index in [2.05, 4.69) is 10.4 Å². The topological polar surface area (TPSA) is 72.9 Å². The van der Waals surface area contributed by atoms with Gasteiger partial charge >= 0.3 is 0 Å². The zero-order chi connectivity index (χ0) is 17.0. The Morgan fingerprint density at radius 2 is 1.88 bits per heavy atom. The lowest BCUT2D eigenvalue weighted by Gasteiger charge is -2.26. The largest absolute Gasteiger partial charge is 0.350 e. The minimum Gasteiger partial charge on any atom is -0.350 e. The molecule has 132 valence electrons. The van der Waals surface area contributed by atoms with Crippen molar-refractivity contribution in [3.63, 3.8) is 0 Å². The van der Waals surface area contributed by atoms with E-state index in [-0.39, 0.29) is 24.1 Å². The van der Waals surface area contributed by atoms with Gasteiger partial charge in [0.05, 0.1) is 23.1 Å². The fourth-order valence-electron chi connectivity index (χ4n) is 2.33. The predicted octanol–water partition coefficient (Wildman–Crippen LogP) is 2.99. The Kier molecular flexibility index (Phi) is 6.93. The lowest BCUT2D eigenvalue weighted by Crippen LogP contribution is -2.49. The van der Waals surface area contributed by atoms with Crippen molar-refractivity contribution in [3.05, 3.63) is 47.5 Å². The maximum atomic E-state index is 13.0. The Morgan fingerprint density at radius 1 is 1.29 bits per heavy atom. The Bertz CT molecular complexity index is 680. The molecule has 2 rings (SSSR count). The summed E-state index contributed by atoms with van der Waals surface area (Å²) in [5.74, 6) is -0.512. The molecule has 0 radical (unpaired) electrons. The summed E-state index contributed by atoms with van der Waals surface area (Å²) in [6.45, 7) is 6.24. The first kappa shape index (κ1) is 20.1. The molecule has 0 aliphatic carbocycles. The number of aromatic nitrogens is 2. The van der Waals surface area contributed by atoms with Crippen molar-refractivity contribution in [2.24, 2.45) is 5.73 Å². The first-order chi connectivity index (χ1) is 10.9. The molecule has 24 heavy (non-hydrogen) atoms. The highest BCUT2D eigenvalue weighted by molar-refractivity contribution is 5.95. The Balaban J connectivity index is 0.00000288. The van der Waals surface area contributed by atoms with E-state index in [9.17, 15) is 9.18 Å². The highest BCUT2D eigenvalue weighted by atomic mass is 35.5. The summed E-state index contributed by atoms with van der Waals surface area (Å²) in [5, 5.41) is 7.10. The first-order valence-electron chi connectivity index (χ1n) is 7.78. The molecule has 1 aromatic heterocycles. The van der Waals surface area contributed by atoms with Crippen molar-refractivity contribution in [3.8, 4) is 5.69 Å². The highest BCUT2D eigenvalue weighted by Gasteiger charge is 2.22. The summed E-state index contributed by atoms with van der Waals surface area (Å²) in [5.41, 5.74) is 7.70. The third kappa shape index (κ3) is 4.33. The van der Waals surface area contributed by atoms with Crippen molar-refractivity contribution in [2.45, 2.75) is 39.2 Å². The molecule has 1 heterocycles. The fraction of sp³-hybridized carbons (Fsp3) is 0.412. The van der Waals surface area contributed by atoms with Crippen LogP contribution in [0.15, 0.2) is 30.5 Å². The van der Waals surface area contributed by atoms with Crippen LogP contribution in [0.2, 0.25) is 0 Å². The molecule has 0 bridgehead atoms. The molecule has 1 aromatic carbocycles. The van der Waals surface area contributed by atoms with Crippen LogP contribution in [0.4, 0.5) is 4.39 Å². The van der Waals surface area contributed by atoms with Gasteiger partial charge < -0.3 is 11.1 Å². The monoisotopic (exact) mass is 354 g/mol. The average Bonchev–Trinajstić information content (AvgIpc) is 2.95. The molecule has 2 aromatic rings. The summed E-state index contributed by atoms with van der Waals surface area (Å²) in [6.07, 6.45) is 3.10. The van der Waals surface area contributed by atoms with Crippen molar-refractivity contribution in [1.29, 1.82) is 0 Å². The van der Waals surface area contributed by atoms with Crippen LogP contribution >= 0.6 is 12.4 Å². The molecule has 0 atom stereocenters. The summed E-state index contributed by atoms with van der Waals surface area (Å²) in [7, 11) is 0. The molecule has 3 N–H and O–H groups in total. The summed E-state index contributed by atoms with van der Waals surface area (Å²) < 4.78 is 14.6. The van der Waals surface area contributed by atoms with Crippen LogP contribution in [-0.4, -0.2) is 27.8 Å². The molecule has 0 unspecified atom stereocenters. The molecule has 1 amide bonds. The Hall–Kier alpha value is -1.92. The van der Waals surface area contributed by atoms with Gasteiger partial charge in [0.1, 0.15) is 5.82 Å². The van der Waals surface area contributed by atoms with Crippen LogP contribution in [0.1, 0.15) is 42.7 Å². The second kappa shape index (κ2) is 8.26. The fourth-order valence-corrected chi connectivity index (χ4v) is 2.33. The number of rotatable bonds is 6. The highest BCUT2D eigenvalue weighted by Crippen LogP contribution is 2.15. The van der Waals surface area contributed by atoms with E-state index in [1.165, 1.54) is 18.3 Å². The molecule has 0 aliphatic heterocycles. The van der Waals surface area contributed by atoms with Crippen molar-refractivity contribution in [1.82, 2.24) is 15.1 Å². The minimum absolute atomic E-state index is 0. The minimum atomic E-state index is -0.392. The average molecular weight is 355 g/mol. The molecular formula is C17H24ClFN4O.